The van der Waals surface area contributed by atoms with Crippen LogP contribution in [-0.4, -0.2) is 56.9 Å². The number of nitrogens with two attached hydrogens (primary N) is 1. The van der Waals surface area contributed by atoms with E-state index in [-0.39, 0.29) is 17.7 Å². The van der Waals surface area contributed by atoms with E-state index in [4.69, 9.17) is 15.6 Å². The van der Waals surface area contributed by atoms with Crippen molar-refractivity contribution in [3.8, 4) is 22.4 Å². The molecule has 4 heterocycles. The second-order valence-corrected chi connectivity index (χ2v) is 8.60. The van der Waals surface area contributed by atoms with Crippen molar-refractivity contribution in [2.75, 3.05) is 32.5 Å². The molecule has 0 radical (unpaired) electrons. The third kappa shape index (κ3) is 3.90. The largest absolute Gasteiger partial charge is 0.411 e. The number of ether oxygens (including phenoxy) is 1. The van der Waals surface area contributed by atoms with Gasteiger partial charge in [0, 0.05) is 23.5 Å². The van der Waals surface area contributed by atoms with Gasteiger partial charge in [0.2, 0.25) is 5.65 Å². The number of nitrogens with zero attached hydrogens (tertiary/aromatic N) is 5. The zero-order valence-electron chi connectivity index (χ0n) is 19.1. The average Bonchev–Trinajstić information content (AvgIpc) is 3.11. The van der Waals surface area contributed by atoms with Crippen molar-refractivity contribution in [3.63, 3.8) is 0 Å². The highest BCUT2D eigenvalue weighted by molar-refractivity contribution is 5.88. The molecule has 0 bridgehead atoms. The van der Waals surface area contributed by atoms with Crippen LogP contribution < -0.4 is 16.4 Å². The van der Waals surface area contributed by atoms with Crippen molar-refractivity contribution in [1.29, 1.82) is 0 Å². The minimum atomic E-state index is -0.277. The van der Waals surface area contributed by atoms with E-state index >= 15 is 0 Å². The van der Waals surface area contributed by atoms with E-state index < -0.39 is 0 Å². The fraction of sp³-hybridized carbons (Fsp3) is 0.333. The number of nitrogens with one attached hydrogen (secondary N) is 1. The molecule has 1 saturated heterocycles. The third-order valence-electron chi connectivity index (χ3n) is 6.15. The molecule has 170 valence electrons. The number of pyridine rings is 1. The third-order valence-corrected chi connectivity index (χ3v) is 6.15. The van der Waals surface area contributed by atoms with E-state index in [0.717, 1.165) is 40.3 Å². The topological polar surface area (TPSA) is 105 Å². The summed E-state index contributed by atoms with van der Waals surface area (Å²) >= 11 is 0. The van der Waals surface area contributed by atoms with Gasteiger partial charge in [0.1, 0.15) is 5.69 Å². The first-order chi connectivity index (χ1) is 15.9. The van der Waals surface area contributed by atoms with E-state index in [1.54, 1.807) is 0 Å². The lowest BCUT2D eigenvalue weighted by Crippen LogP contribution is -2.46. The Labute approximate surface area is 191 Å². The molecule has 9 heteroatoms. The predicted octanol–water partition coefficient (Wildman–Crippen LogP) is 1.57. The summed E-state index contributed by atoms with van der Waals surface area (Å²) in [6.45, 7) is 6.41. The first kappa shape index (κ1) is 21.3. The van der Waals surface area contributed by atoms with Gasteiger partial charge in [0.15, 0.2) is 0 Å². The molecule has 0 unspecified atom stereocenters. The van der Waals surface area contributed by atoms with E-state index in [0.29, 0.717) is 25.4 Å². The highest BCUT2D eigenvalue weighted by atomic mass is 16.5. The maximum Gasteiger partial charge on any atom is 0.411 e. The molecule has 1 fully saturated rings. The molecular formula is C24H28N7O2+. The number of morpholine rings is 1. The zero-order chi connectivity index (χ0) is 23.1. The SMILES string of the molecule is Cc1cc(-c2c(-c3ccccc3)[nH+]c(N)n3c(=O)n(C[C@@H]4COCCN4C)nc23)cc(C)n1. The lowest BCUT2D eigenvalue weighted by molar-refractivity contribution is -0.351. The van der Waals surface area contributed by atoms with Crippen LogP contribution in [0.25, 0.3) is 28.0 Å². The molecular weight excluding hydrogens is 418 g/mol. The van der Waals surface area contributed by atoms with Crippen LogP contribution in [0.4, 0.5) is 5.95 Å². The lowest BCUT2D eigenvalue weighted by Gasteiger charge is -2.31. The molecule has 4 aromatic rings. The van der Waals surface area contributed by atoms with Crippen LogP contribution in [0.5, 0.6) is 0 Å². The number of aryl methyl sites for hydroxylation is 2. The number of nitrogen functional groups attached to an aromatic ring is 1. The molecule has 9 nitrogen and oxygen atoms in total. The summed E-state index contributed by atoms with van der Waals surface area (Å²) in [6.07, 6.45) is 0. The molecule has 0 aliphatic carbocycles. The van der Waals surface area contributed by atoms with Crippen molar-refractivity contribution in [2.45, 2.75) is 26.4 Å². The number of benzene rings is 1. The van der Waals surface area contributed by atoms with Gasteiger partial charge in [-0.3, -0.25) is 15.6 Å². The summed E-state index contributed by atoms with van der Waals surface area (Å²) in [4.78, 5) is 23.4. The van der Waals surface area contributed by atoms with Crippen LogP contribution in [0.1, 0.15) is 11.4 Å². The second-order valence-electron chi connectivity index (χ2n) is 8.60. The van der Waals surface area contributed by atoms with Gasteiger partial charge in [0.05, 0.1) is 31.4 Å². The molecule has 0 amide bonds. The summed E-state index contributed by atoms with van der Waals surface area (Å²) in [6, 6.07) is 14.0. The van der Waals surface area contributed by atoms with Crippen LogP contribution in [0.3, 0.4) is 0 Å². The molecule has 1 aliphatic heterocycles. The van der Waals surface area contributed by atoms with E-state index in [9.17, 15) is 4.79 Å². The average molecular weight is 447 g/mol. The zero-order valence-corrected chi connectivity index (χ0v) is 19.1. The normalized spacial score (nSPS) is 17.0. The standard InChI is InChI=1S/C24H27N7O2/c1-15-11-18(12-16(2)26-15)20-21(17-7-5-4-6-8-17)27-23(25)31-22(20)28-30(24(31)32)13-19-14-33-10-9-29(19)3/h4-8,11-12,19H,9-10,13-14H2,1-3H3,(H2,25,27)/p+1/t19-/m1/s1. The molecule has 0 saturated carbocycles. The number of hydrogen-bond acceptors (Lipinski definition) is 6. The number of likely N-dealkylation sites (N-methyl/N-ethyl adjacent to an activating group) is 1. The number of aromatic amines is 1. The monoisotopic (exact) mass is 446 g/mol. The van der Waals surface area contributed by atoms with Gasteiger partial charge in [-0.25, -0.2) is 9.78 Å². The molecule has 5 rings (SSSR count). The highest BCUT2D eigenvalue weighted by Crippen LogP contribution is 2.32. The number of hydrogen-bond donors (Lipinski definition) is 1. The fourth-order valence-corrected chi connectivity index (χ4v) is 4.47. The van der Waals surface area contributed by atoms with Crippen LogP contribution in [-0.2, 0) is 11.3 Å². The molecule has 3 aromatic heterocycles. The Morgan fingerprint density at radius 1 is 1.15 bits per heavy atom. The van der Waals surface area contributed by atoms with Crippen LogP contribution in [0, 0.1) is 13.8 Å². The Hall–Kier alpha value is -3.56. The summed E-state index contributed by atoms with van der Waals surface area (Å²) < 4.78 is 8.58. The number of anilines is 1. The smallest absolute Gasteiger partial charge is 0.378 e. The molecule has 33 heavy (non-hydrogen) atoms. The summed E-state index contributed by atoms with van der Waals surface area (Å²) in [5.41, 5.74) is 11.9. The summed E-state index contributed by atoms with van der Waals surface area (Å²) in [5.74, 6) is 0.236. The Morgan fingerprint density at radius 3 is 2.58 bits per heavy atom. The van der Waals surface area contributed by atoms with Gasteiger partial charge in [-0.2, -0.15) is 4.68 Å². The van der Waals surface area contributed by atoms with Gasteiger partial charge in [-0.05, 0) is 38.6 Å². The Morgan fingerprint density at radius 2 is 1.88 bits per heavy atom. The first-order valence-corrected chi connectivity index (χ1v) is 11.1. The number of rotatable bonds is 4. The van der Waals surface area contributed by atoms with Crippen molar-refractivity contribution >= 4 is 11.6 Å². The quantitative estimate of drug-likeness (QED) is 0.510. The fourth-order valence-electron chi connectivity index (χ4n) is 4.47. The van der Waals surface area contributed by atoms with Gasteiger partial charge in [0.25, 0.3) is 0 Å². The maximum absolute atomic E-state index is 13.4. The number of fused-ring (bicyclic) bond motifs is 1. The Kier molecular flexibility index (Phi) is 5.43. The van der Waals surface area contributed by atoms with Gasteiger partial charge in [-0.15, -0.1) is 9.50 Å². The molecule has 1 aliphatic rings. The number of H-pyrrole nitrogens is 1. The van der Waals surface area contributed by atoms with Crippen molar-refractivity contribution in [1.82, 2.24) is 24.1 Å². The minimum Gasteiger partial charge on any atom is -0.378 e. The summed E-state index contributed by atoms with van der Waals surface area (Å²) in [5, 5.41) is 4.79. The van der Waals surface area contributed by atoms with E-state index in [1.807, 2.05) is 63.4 Å². The van der Waals surface area contributed by atoms with E-state index in [2.05, 4.69) is 14.9 Å². The molecule has 1 aromatic carbocycles. The molecule has 1 atom stereocenters. The lowest BCUT2D eigenvalue weighted by atomic mass is 9.99. The van der Waals surface area contributed by atoms with E-state index in [1.165, 1.54) is 9.08 Å². The molecule has 0 spiro atoms. The van der Waals surface area contributed by atoms with Crippen molar-refractivity contribution in [2.24, 2.45) is 0 Å². The Balaban J connectivity index is 1.77. The maximum atomic E-state index is 13.4. The van der Waals surface area contributed by atoms with Crippen LogP contribution in [0.2, 0.25) is 0 Å². The van der Waals surface area contributed by atoms with Crippen LogP contribution in [0.15, 0.2) is 47.3 Å². The van der Waals surface area contributed by atoms with Crippen molar-refractivity contribution < 1.29 is 9.72 Å². The van der Waals surface area contributed by atoms with Gasteiger partial charge < -0.3 is 4.74 Å². The number of aromatic nitrogens is 5. The molecule has 3 N–H and O–H groups in total. The van der Waals surface area contributed by atoms with Gasteiger partial charge >= 0.3 is 11.6 Å². The van der Waals surface area contributed by atoms with Crippen LogP contribution >= 0.6 is 0 Å². The first-order valence-electron chi connectivity index (χ1n) is 11.1. The Bertz CT molecular complexity index is 1360. The predicted molar refractivity (Wildman–Crippen MR) is 126 cm³/mol. The second kappa shape index (κ2) is 8.42. The van der Waals surface area contributed by atoms with Gasteiger partial charge in [-0.1, -0.05) is 30.3 Å². The highest BCUT2D eigenvalue weighted by Gasteiger charge is 2.28. The van der Waals surface area contributed by atoms with Crippen molar-refractivity contribution in [3.05, 3.63) is 64.3 Å². The minimum absolute atomic E-state index is 0.0639. The summed E-state index contributed by atoms with van der Waals surface area (Å²) in [7, 11) is 2.04.